The lowest BCUT2D eigenvalue weighted by Crippen LogP contribution is -2.55. The van der Waals surface area contributed by atoms with Crippen molar-refractivity contribution in [3.8, 4) is 22.9 Å². The molecule has 0 radical (unpaired) electrons. The van der Waals surface area contributed by atoms with Gasteiger partial charge >= 0.3 is 0 Å². The van der Waals surface area contributed by atoms with Gasteiger partial charge in [-0.15, -0.1) is 5.10 Å². The number of benzene rings is 2. The molecule has 42 heavy (non-hydrogen) atoms. The number of nitrogens with zero attached hydrogens (tertiary/aromatic N) is 2. The van der Waals surface area contributed by atoms with Crippen LogP contribution in [0.4, 0.5) is 0 Å². The number of aryl methyl sites for hydroxylation is 2. The lowest BCUT2D eigenvalue weighted by molar-refractivity contribution is -0.138. The van der Waals surface area contributed by atoms with Crippen molar-refractivity contribution in [1.29, 1.82) is 0 Å². The van der Waals surface area contributed by atoms with Gasteiger partial charge in [-0.1, -0.05) is 29.3 Å². The molecular formula is C35H48N4O3. The molecule has 1 unspecified atom stereocenters. The molecule has 3 saturated heterocycles. The zero-order chi connectivity index (χ0) is 29.7. The van der Waals surface area contributed by atoms with Crippen molar-refractivity contribution in [2.45, 2.75) is 72.3 Å². The quantitative estimate of drug-likeness (QED) is 0.233. The van der Waals surface area contributed by atoms with E-state index in [9.17, 15) is 4.79 Å². The summed E-state index contributed by atoms with van der Waals surface area (Å²) in [6.45, 7) is 12.5. The van der Waals surface area contributed by atoms with Gasteiger partial charge < -0.3 is 14.8 Å². The van der Waals surface area contributed by atoms with Crippen molar-refractivity contribution in [3.05, 3.63) is 64.7 Å². The second-order valence-corrected chi connectivity index (χ2v) is 13.0. The number of fused-ring (bicyclic) bond motifs is 3. The average Bonchev–Trinajstić information content (AvgIpc) is 3.40. The van der Waals surface area contributed by atoms with Gasteiger partial charge in [-0.2, -0.15) is 0 Å². The third-order valence-electron chi connectivity index (χ3n) is 9.03. The number of methoxy groups -OCH3 is 1. The van der Waals surface area contributed by atoms with E-state index >= 15 is 0 Å². The summed E-state index contributed by atoms with van der Waals surface area (Å²) in [6, 6.07) is 14.8. The van der Waals surface area contributed by atoms with Crippen LogP contribution in [0, 0.1) is 25.2 Å². The van der Waals surface area contributed by atoms with E-state index in [0.717, 1.165) is 74.4 Å². The summed E-state index contributed by atoms with van der Waals surface area (Å²) in [5.41, 5.74) is 6.33. The van der Waals surface area contributed by atoms with Crippen LogP contribution in [0.3, 0.4) is 0 Å². The molecule has 3 aromatic rings. The summed E-state index contributed by atoms with van der Waals surface area (Å²) in [6.07, 6.45) is 6.19. The molecule has 2 bridgehead atoms. The highest BCUT2D eigenvalue weighted by atomic mass is 16.5. The lowest BCUT2D eigenvalue weighted by Gasteiger charge is -2.46. The predicted octanol–water partition coefficient (Wildman–Crippen LogP) is 5.93. The second kappa shape index (κ2) is 13.4. The summed E-state index contributed by atoms with van der Waals surface area (Å²) in [7, 11) is 1.70. The Hall–Kier alpha value is -3.16. The van der Waals surface area contributed by atoms with Crippen molar-refractivity contribution < 1.29 is 14.3 Å². The van der Waals surface area contributed by atoms with Crippen molar-refractivity contribution >= 4 is 5.78 Å². The normalized spacial score (nSPS) is 20.1. The maximum absolute atomic E-state index is 13.7. The first-order valence-electron chi connectivity index (χ1n) is 15.6. The highest BCUT2D eigenvalue weighted by Crippen LogP contribution is 2.36. The number of Topliss-reactive ketones (excluding diaryl/α,β-unsaturated/α-hetero) is 1. The van der Waals surface area contributed by atoms with Gasteiger partial charge in [0.1, 0.15) is 12.4 Å². The van der Waals surface area contributed by atoms with E-state index in [1.807, 2.05) is 26.0 Å². The summed E-state index contributed by atoms with van der Waals surface area (Å²) in [5, 5.41) is 11.5. The van der Waals surface area contributed by atoms with Crippen LogP contribution in [0.2, 0.25) is 0 Å². The fraction of sp³-hybridized carbons (Fsp3) is 0.543. The minimum atomic E-state index is -0.583. The average molecular weight is 573 g/mol. The highest BCUT2D eigenvalue weighted by molar-refractivity contribution is 5.89. The third kappa shape index (κ3) is 7.24. The Bertz CT molecular complexity index is 1340. The molecule has 3 aliphatic rings. The van der Waals surface area contributed by atoms with Crippen LogP contribution in [-0.2, 0) is 17.6 Å². The number of H-pyrrole nitrogens is 1. The first-order chi connectivity index (χ1) is 20.2. The first kappa shape index (κ1) is 30.3. The molecule has 0 spiro atoms. The SMILES string of the molecule is COc1cccc(CCNCCCc2c(OCC(C)(C)C(=O)C3CC4CCN3CC4)n[nH]c2-c2cc(C)cc(C)c2)c1. The smallest absolute Gasteiger partial charge is 0.236 e. The highest BCUT2D eigenvalue weighted by Gasteiger charge is 2.43. The predicted molar refractivity (Wildman–Crippen MR) is 168 cm³/mol. The molecule has 226 valence electrons. The van der Waals surface area contributed by atoms with Gasteiger partial charge in [0.2, 0.25) is 5.88 Å². The number of hydrogen-bond donors (Lipinski definition) is 2. The summed E-state index contributed by atoms with van der Waals surface area (Å²) < 4.78 is 11.7. The molecule has 7 nitrogen and oxygen atoms in total. The van der Waals surface area contributed by atoms with Crippen LogP contribution in [0.25, 0.3) is 11.3 Å². The van der Waals surface area contributed by atoms with Gasteiger partial charge in [0.05, 0.1) is 24.3 Å². The molecule has 1 atom stereocenters. The minimum Gasteiger partial charge on any atom is -0.497 e. The van der Waals surface area contributed by atoms with Gasteiger partial charge in [0, 0.05) is 11.1 Å². The van der Waals surface area contributed by atoms with E-state index in [1.54, 1.807) is 7.11 Å². The molecule has 0 amide bonds. The van der Waals surface area contributed by atoms with Crippen LogP contribution in [0.15, 0.2) is 42.5 Å². The molecule has 1 aromatic heterocycles. The molecule has 7 heteroatoms. The largest absolute Gasteiger partial charge is 0.497 e. The maximum Gasteiger partial charge on any atom is 0.236 e. The van der Waals surface area contributed by atoms with Crippen LogP contribution in [-0.4, -0.2) is 66.8 Å². The van der Waals surface area contributed by atoms with E-state index in [0.29, 0.717) is 24.2 Å². The van der Waals surface area contributed by atoms with Crippen molar-refractivity contribution in [2.75, 3.05) is 39.9 Å². The number of ketones is 1. The van der Waals surface area contributed by atoms with Crippen LogP contribution < -0.4 is 14.8 Å². The van der Waals surface area contributed by atoms with Gasteiger partial charge in [-0.25, -0.2) is 0 Å². The monoisotopic (exact) mass is 572 g/mol. The lowest BCUT2D eigenvalue weighted by atomic mass is 9.75. The standard InChI is InChI=1S/C35H48N4O3/c1-24-18-25(2)20-28(19-24)32-30(10-7-14-36-15-11-26-8-6-9-29(21-26)41-5)34(38-37-32)42-23-35(3,4)33(40)31-22-27-12-16-39(31)17-13-27/h6,8-9,18-21,27,31,36H,7,10-17,22-23H2,1-5H3,(H,37,38). The maximum atomic E-state index is 13.7. The van der Waals surface area contributed by atoms with Crippen LogP contribution >= 0.6 is 0 Å². The number of carbonyl (C=O) groups is 1. The Morgan fingerprint density at radius 2 is 1.83 bits per heavy atom. The van der Waals surface area contributed by atoms with Crippen molar-refractivity contribution in [1.82, 2.24) is 20.4 Å². The summed E-state index contributed by atoms with van der Waals surface area (Å²) in [4.78, 5) is 16.1. The Morgan fingerprint density at radius 3 is 2.52 bits per heavy atom. The fourth-order valence-corrected chi connectivity index (χ4v) is 6.64. The van der Waals surface area contributed by atoms with Crippen LogP contribution in [0.1, 0.15) is 61.8 Å². The molecule has 4 heterocycles. The number of rotatable bonds is 14. The van der Waals surface area contributed by atoms with Crippen LogP contribution in [0.5, 0.6) is 11.6 Å². The molecule has 2 aromatic carbocycles. The summed E-state index contributed by atoms with van der Waals surface area (Å²) >= 11 is 0. The molecule has 3 aliphatic heterocycles. The fourth-order valence-electron chi connectivity index (χ4n) is 6.64. The van der Waals surface area contributed by atoms with E-state index in [1.165, 1.54) is 29.5 Å². The van der Waals surface area contributed by atoms with E-state index in [2.05, 4.69) is 64.6 Å². The number of aromatic amines is 1. The second-order valence-electron chi connectivity index (χ2n) is 13.0. The number of hydrogen-bond acceptors (Lipinski definition) is 6. The number of aromatic nitrogens is 2. The Balaban J connectivity index is 1.23. The van der Waals surface area contributed by atoms with E-state index in [4.69, 9.17) is 9.47 Å². The van der Waals surface area contributed by atoms with Gasteiger partial charge in [0.25, 0.3) is 0 Å². The van der Waals surface area contributed by atoms with Gasteiger partial charge in [-0.3, -0.25) is 14.8 Å². The Kier molecular flexibility index (Phi) is 9.69. The van der Waals surface area contributed by atoms with E-state index < -0.39 is 5.41 Å². The third-order valence-corrected chi connectivity index (χ3v) is 9.03. The molecular weight excluding hydrogens is 524 g/mol. The molecule has 3 fully saturated rings. The molecule has 6 rings (SSSR count). The summed E-state index contributed by atoms with van der Waals surface area (Å²) in [5.74, 6) is 2.51. The minimum absolute atomic E-state index is 0.0311. The number of nitrogens with one attached hydrogen (secondary N) is 2. The Labute approximate surface area is 251 Å². The molecule has 0 aliphatic carbocycles. The molecule has 2 N–H and O–H groups in total. The van der Waals surface area contributed by atoms with E-state index in [-0.39, 0.29) is 6.04 Å². The topological polar surface area (TPSA) is 79.5 Å². The van der Waals surface area contributed by atoms with Crippen molar-refractivity contribution in [2.24, 2.45) is 11.3 Å². The number of carbonyl (C=O) groups excluding carboxylic acids is 1. The van der Waals surface area contributed by atoms with Gasteiger partial charge in [0.15, 0.2) is 5.78 Å². The number of ether oxygens (including phenoxy) is 2. The van der Waals surface area contributed by atoms with Crippen molar-refractivity contribution in [3.63, 3.8) is 0 Å². The first-order valence-corrected chi connectivity index (χ1v) is 15.6. The zero-order valence-corrected chi connectivity index (χ0v) is 26.1. The molecule has 0 saturated carbocycles. The Morgan fingerprint density at radius 1 is 1.07 bits per heavy atom. The van der Waals surface area contributed by atoms with Gasteiger partial charge in [-0.05, 0) is 128 Å². The number of piperidine rings is 3. The zero-order valence-electron chi connectivity index (χ0n) is 26.1.